The van der Waals surface area contributed by atoms with Gasteiger partial charge in [-0.15, -0.1) is 10.2 Å². The standard InChI is InChI=1S/C16H14BrN3O/c1-11-5-6-13(15(17)7-11)9-18-14-4-2-3-12(8-14)16-20-19-10-21-16/h2-8,10,18H,9H2,1H3. The Hall–Kier alpha value is -2.14. The molecule has 3 rings (SSSR count). The van der Waals surface area contributed by atoms with E-state index in [0.717, 1.165) is 22.3 Å². The molecule has 1 heterocycles. The highest BCUT2D eigenvalue weighted by Gasteiger charge is 2.05. The lowest BCUT2D eigenvalue weighted by Gasteiger charge is -2.09. The van der Waals surface area contributed by atoms with Crippen LogP contribution in [0.5, 0.6) is 0 Å². The van der Waals surface area contributed by atoms with Gasteiger partial charge >= 0.3 is 0 Å². The van der Waals surface area contributed by atoms with Gasteiger partial charge in [0.25, 0.3) is 0 Å². The molecule has 0 aliphatic heterocycles. The molecule has 0 atom stereocenters. The van der Waals surface area contributed by atoms with E-state index >= 15 is 0 Å². The van der Waals surface area contributed by atoms with Crippen molar-refractivity contribution in [2.75, 3.05) is 5.32 Å². The van der Waals surface area contributed by atoms with Gasteiger partial charge in [0, 0.05) is 22.3 Å². The Labute approximate surface area is 131 Å². The molecule has 0 spiro atoms. The van der Waals surface area contributed by atoms with Crippen LogP contribution in [0.1, 0.15) is 11.1 Å². The number of benzene rings is 2. The number of halogens is 1. The molecule has 0 fully saturated rings. The van der Waals surface area contributed by atoms with Crippen molar-refractivity contribution in [3.05, 3.63) is 64.5 Å². The van der Waals surface area contributed by atoms with Crippen molar-refractivity contribution in [1.82, 2.24) is 10.2 Å². The summed E-state index contributed by atoms with van der Waals surface area (Å²) in [6.07, 6.45) is 1.33. The largest absolute Gasteiger partial charge is 0.423 e. The van der Waals surface area contributed by atoms with Gasteiger partial charge in [-0.2, -0.15) is 0 Å². The second kappa shape index (κ2) is 6.10. The average molecular weight is 344 g/mol. The van der Waals surface area contributed by atoms with Crippen LogP contribution in [-0.2, 0) is 6.54 Å². The maximum atomic E-state index is 5.21. The van der Waals surface area contributed by atoms with Crippen LogP contribution in [0, 0.1) is 6.92 Å². The zero-order valence-corrected chi connectivity index (χ0v) is 13.1. The second-order valence-electron chi connectivity index (χ2n) is 4.77. The van der Waals surface area contributed by atoms with Gasteiger partial charge in [0.05, 0.1) is 0 Å². The summed E-state index contributed by atoms with van der Waals surface area (Å²) in [4.78, 5) is 0. The maximum Gasteiger partial charge on any atom is 0.247 e. The zero-order chi connectivity index (χ0) is 14.7. The molecule has 2 aromatic carbocycles. The van der Waals surface area contributed by atoms with Crippen LogP contribution in [0.4, 0.5) is 5.69 Å². The molecule has 1 N–H and O–H groups in total. The van der Waals surface area contributed by atoms with Crippen LogP contribution < -0.4 is 5.32 Å². The minimum Gasteiger partial charge on any atom is -0.423 e. The van der Waals surface area contributed by atoms with Crippen molar-refractivity contribution in [2.45, 2.75) is 13.5 Å². The van der Waals surface area contributed by atoms with E-state index in [1.165, 1.54) is 17.5 Å². The Morgan fingerprint density at radius 2 is 2.10 bits per heavy atom. The molecular weight excluding hydrogens is 330 g/mol. The molecule has 0 saturated carbocycles. The quantitative estimate of drug-likeness (QED) is 0.761. The minimum atomic E-state index is 0.523. The van der Waals surface area contributed by atoms with Crippen LogP contribution in [0.3, 0.4) is 0 Å². The zero-order valence-electron chi connectivity index (χ0n) is 11.5. The molecule has 1 aromatic heterocycles. The number of nitrogens with zero attached hydrogens (tertiary/aromatic N) is 2. The summed E-state index contributed by atoms with van der Waals surface area (Å²) in [5.74, 6) is 0.523. The lowest BCUT2D eigenvalue weighted by molar-refractivity contribution is 0.568. The number of hydrogen-bond acceptors (Lipinski definition) is 4. The molecule has 106 valence electrons. The van der Waals surface area contributed by atoms with Gasteiger partial charge in [-0.25, -0.2) is 0 Å². The van der Waals surface area contributed by atoms with Gasteiger partial charge in [0.2, 0.25) is 12.3 Å². The predicted molar refractivity (Wildman–Crippen MR) is 85.9 cm³/mol. The van der Waals surface area contributed by atoms with E-state index in [0.29, 0.717) is 5.89 Å². The van der Waals surface area contributed by atoms with Crippen molar-refractivity contribution in [3.63, 3.8) is 0 Å². The van der Waals surface area contributed by atoms with Crippen LogP contribution in [0.15, 0.2) is 57.7 Å². The summed E-state index contributed by atoms with van der Waals surface area (Å²) in [5.41, 5.74) is 4.37. The van der Waals surface area contributed by atoms with Crippen LogP contribution >= 0.6 is 15.9 Å². The summed E-state index contributed by atoms with van der Waals surface area (Å²) < 4.78 is 6.33. The molecule has 0 saturated heterocycles. The molecule has 0 amide bonds. The average Bonchev–Trinajstić information content (AvgIpc) is 3.01. The Kier molecular flexibility index (Phi) is 4.01. The fraction of sp³-hybridized carbons (Fsp3) is 0.125. The molecule has 3 aromatic rings. The summed E-state index contributed by atoms with van der Waals surface area (Å²) in [7, 11) is 0. The van der Waals surface area contributed by atoms with Crippen LogP contribution in [0.25, 0.3) is 11.5 Å². The molecule has 5 heteroatoms. The summed E-state index contributed by atoms with van der Waals surface area (Å²) in [6.45, 7) is 2.82. The van der Waals surface area contributed by atoms with Crippen LogP contribution in [0.2, 0.25) is 0 Å². The highest BCUT2D eigenvalue weighted by atomic mass is 79.9. The summed E-state index contributed by atoms with van der Waals surface area (Å²) in [6, 6.07) is 14.3. The Balaban J connectivity index is 1.75. The molecule has 4 nitrogen and oxygen atoms in total. The third-order valence-corrected chi connectivity index (χ3v) is 3.90. The summed E-state index contributed by atoms with van der Waals surface area (Å²) >= 11 is 3.59. The van der Waals surface area contributed by atoms with Gasteiger partial charge < -0.3 is 9.73 Å². The highest BCUT2D eigenvalue weighted by molar-refractivity contribution is 9.10. The molecule has 0 unspecified atom stereocenters. The number of nitrogens with one attached hydrogen (secondary N) is 1. The third kappa shape index (κ3) is 3.31. The molecule has 0 bridgehead atoms. The van der Waals surface area contributed by atoms with Crippen molar-refractivity contribution in [1.29, 1.82) is 0 Å². The lowest BCUT2D eigenvalue weighted by atomic mass is 10.1. The number of rotatable bonds is 4. The van der Waals surface area contributed by atoms with Crippen molar-refractivity contribution < 1.29 is 4.42 Å². The first-order valence-corrected chi connectivity index (χ1v) is 7.37. The Morgan fingerprint density at radius 1 is 1.19 bits per heavy atom. The first-order valence-electron chi connectivity index (χ1n) is 6.58. The monoisotopic (exact) mass is 343 g/mol. The fourth-order valence-electron chi connectivity index (χ4n) is 2.05. The van der Waals surface area contributed by atoms with E-state index in [2.05, 4.69) is 56.6 Å². The SMILES string of the molecule is Cc1ccc(CNc2cccc(-c3nnco3)c2)c(Br)c1. The van der Waals surface area contributed by atoms with Crippen LogP contribution in [-0.4, -0.2) is 10.2 Å². The number of anilines is 1. The second-order valence-corrected chi connectivity index (χ2v) is 5.63. The van der Waals surface area contributed by atoms with Gasteiger partial charge in [0.1, 0.15) is 0 Å². The van der Waals surface area contributed by atoms with Gasteiger partial charge in [0.15, 0.2) is 0 Å². The van der Waals surface area contributed by atoms with Crippen molar-refractivity contribution in [3.8, 4) is 11.5 Å². The van der Waals surface area contributed by atoms with Gasteiger partial charge in [-0.1, -0.05) is 34.1 Å². The molecule has 0 aliphatic carbocycles. The highest BCUT2D eigenvalue weighted by Crippen LogP contribution is 2.23. The number of aryl methyl sites for hydroxylation is 1. The first-order chi connectivity index (χ1) is 10.2. The number of hydrogen-bond donors (Lipinski definition) is 1. The first kappa shape index (κ1) is 13.8. The maximum absolute atomic E-state index is 5.21. The third-order valence-electron chi connectivity index (χ3n) is 3.16. The fourth-order valence-corrected chi connectivity index (χ4v) is 2.69. The Morgan fingerprint density at radius 3 is 2.86 bits per heavy atom. The number of aromatic nitrogens is 2. The topological polar surface area (TPSA) is 51.0 Å². The van der Waals surface area contributed by atoms with Gasteiger partial charge in [-0.3, -0.25) is 0 Å². The van der Waals surface area contributed by atoms with E-state index in [4.69, 9.17) is 4.42 Å². The molecular formula is C16H14BrN3O. The summed E-state index contributed by atoms with van der Waals surface area (Å²) in [5, 5.41) is 11.0. The van der Waals surface area contributed by atoms with E-state index in [-0.39, 0.29) is 0 Å². The van der Waals surface area contributed by atoms with E-state index in [1.54, 1.807) is 0 Å². The predicted octanol–water partition coefficient (Wildman–Crippen LogP) is 4.42. The van der Waals surface area contributed by atoms with E-state index in [9.17, 15) is 0 Å². The normalized spacial score (nSPS) is 10.6. The van der Waals surface area contributed by atoms with E-state index < -0.39 is 0 Å². The minimum absolute atomic E-state index is 0.523. The van der Waals surface area contributed by atoms with Crippen molar-refractivity contribution in [2.24, 2.45) is 0 Å². The smallest absolute Gasteiger partial charge is 0.247 e. The molecule has 21 heavy (non-hydrogen) atoms. The van der Waals surface area contributed by atoms with E-state index in [1.807, 2.05) is 24.3 Å². The molecule has 0 aliphatic rings. The van der Waals surface area contributed by atoms with Crippen molar-refractivity contribution >= 4 is 21.6 Å². The van der Waals surface area contributed by atoms with Gasteiger partial charge in [-0.05, 0) is 42.3 Å². The lowest BCUT2D eigenvalue weighted by Crippen LogP contribution is -2.00. The Bertz CT molecular complexity index is 741. The molecule has 0 radical (unpaired) electrons.